The van der Waals surface area contributed by atoms with Crippen molar-refractivity contribution in [3.63, 3.8) is 0 Å². The van der Waals surface area contributed by atoms with Gasteiger partial charge in [0.25, 0.3) is 0 Å². The second-order valence-electron chi connectivity index (χ2n) is 5.45. The van der Waals surface area contributed by atoms with Gasteiger partial charge in [0, 0.05) is 18.1 Å². The summed E-state index contributed by atoms with van der Waals surface area (Å²) in [5, 5.41) is 7.91. The van der Waals surface area contributed by atoms with Crippen LogP contribution in [0.2, 0.25) is 0 Å². The molecule has 0 spiro atoms. The van der Waals surface area contributed by atoms with Gasteiger partial charge in [-0.05, 0) is 31.0 Å². The molecule has 0 radical (unpaired) electrons. The monoisotopic (exact) mass is 281 g/mol. The summed E-state index contributed by atoms with van der Waals surface area (Å²) in [6.07, 6.45) is 3.63. The molecule has 0 unspecified atom stereocenters. The number of hydrogen-bond donors (Lipinski definition) is 1. The van der Waals surface area contributed by atoms with E-state index in [0.29, 0.717) is 12.5 Å². The first-order valence-electron chi connectivity index (χ1n) is 7.14. The average molecular weight is 281 g/mol. The van der Waals surface area contributed by atoms with Crippen LogP contribution in [0.25, 0.3) is 5.52 Å². The maximum atomic E-state index is 4.56. The first kappa shape index (κ1) is 13.5. The van der Waals surface area contributed by atoms with Crippen LogP contribution in [0.4, 0.5) is 5.82 Å². The molecule has 1 N–H and O–H groups in total. The molecular weight excluding hydrogens is 262 g/mol. The SMILES string of the molecule is Cc1cccc(CNc2nccn3nc(C(C)C)cc23)n1. The van der Waals surface area contributed by atoms with E-state index in [0.717, 1.165) is 28.4 Å². The molecule has 0 fully saturated rings. The Kier molecular flexibility index (Phi) is 3.56. The second kappa shape index (κ2) is 5.52. The normalized spacial score (nSPS) is 11.2. The van der Waals surface area contributed by atoms with Gasteiger partial charge in [-0.15, -0.1) is 0 Å². The van der Waals surface area contributed by atoms with E-state index in [1.165, 1.54) is 0 Å². The van der Waals surface area contributed by atoms with Crippen molar-refractivity contribution in [2.24, 2.45) is 0 Å². The fourth-order valence-corrected chi connectivity index (χ4v) is 2.23. The van der Waals surface area contributed by atoms with E-state index in [2.05, 4.69) is 40.3 Å². The van der Waals surface area contributed by atoms with E-state index in [4.69, 9.17) is 0 Å². The zero-order chi connectivity index (χ0) is 14.8. The smallest absolute Gasteiger partial charge is 0.152 e. The molecule has 3 aromatic heterocycles. The van der Waals surface area contributed by atoms with E-state index in [1.807, 2.05) is 35.8 Å². The molecule has 0 aromatic carbocycles. The number of pyridine rings is 1. The highest BCUT2D eigenvalue weighted by molar-refractivity contribution is 5.67. The minimum absolute atomic E-state index is 0.399. The Bertz CT molecular complexity index is 760. The highest BCUT2D eigenvalue weighted by Crippen LogP contribution is 2.20. The van der Waals surface area contributed by atoms with Gasteiger partial charge in [0.2, 0.25) is 0 Å². The lowest BCUT2D eigenvalue weighted by Gasteiger charge is -2.06. The van der Waals surface area contributed by atoms with Crippen LogP contribution in [0.1, 0.15) is 36.8 Å². The molecule has 0 amide bonds. The van der Waals surface area contributed by atoms with Crippen molar-refractivity contribution < 1.29 is 0 Å². The lowest BCUT2D eigenvalue weighted by molar-refractivity contribution is 0.787. The number of nitrogens with one attached hydrogen (secondary N) is 1. The van der Waals surface area contributed by atoms with Crippen molar-refractivity contribution in [2.45, 2.75) is 33.2 Å². The van der Waals surface area contributed by atoms with Crippen molar-refractivity contribution in [1.82, 2.24) is 19.6 Å². The van der Waals surface area contributed by atoms with Gasteiger partial charge in [-0.25, -0.2) is 9.50 Å². The van der Waals surface area contributed by atoms with Gasteiger partial charge in [-0.3, -0.25) is 4.98 Å². The zero-order valence-electron chi connectivity index (χ0n) is 12.5. The van der Waals surface area contributed by atoms with Crippen LogP contribution >= 0.6 is 0 Å². The topological polar surface area (TPSA) is 55.1 Å². The third kappa shape index (κ3) is 2.86. The summed E-state index contributed by atoms with van der Waals surface area (Å²) in [4.78, 5) is 8.91. The van der Waals surface area contributed by atoms with Gasteiger partial charge in [-0.2, -0.15) is 5.10 Å². The fourth-order valence-electron chi connectivity index (χ4n) is 2.23. The maximum Gasteiger partial charge on any atom is 0.152 e. The number of aromatic nitrogens is 4. The molecule has 0 aliphatic rings. The highest BCUT2D eigenvalue weighted by Gasteiger charge is 2.09. The fraction of sp³-hybridized carbons (Fsp3) is 0.312. The van der Waals surface area contributed by atoms with Crippen LogP contribution in [0.15, 0.2) is 36.7 Å². The summed E-state index contributed by atoms with van der Waals surface area (Å²) >= 11 is 0. The van der Waals surface area contributed by atoms with Crippen LogP contribution in [-0.2, 0) is 6.54 Å². The summed E-state index contributed by atoms with van der Waals surface area (Å²) in [5.74, 6) is 1.23. The van der Waals surface area contributed by atoms with E-state index < -0.39 is 0 Å². The largest absolute Gasteiger partial charge is 0.363 e. The molecule has 0 bridgehead atoms. The number of anilines is 1. The minimum atomic E-state index is 0.399. The molecule has 3 aromatic rings. The van der Waals surface area contributed by atoms with E-state index >= 15 is 0 Å². The molecule has 0 saturated heterocycles. The van der Waals surface area contributed by atoms with Crippen molar-refractivity contribution in [3.8, 4) is 0 Å². The molecule has 3 heterocycles. The minimum Gasteiger partial charge on any atom is -0.363 e. The van der Waals surface area contributed by atoms with E-state index in [1.54, 1.807) is 6.20 Å². The van der Waals surface area contributed by atoms with Crippen molar-refractivity contribution in [3.05, 3.63) is 53.7 Å². The predicted octanol–water partition coefficient (Wildman–Crippen LogP) is 3.17. The number of nitrogens with zero attached hydrogens (tertiary/aromatic N) is 4. The van der Waals surface area contributed by atoms with Gasteiger partial charge >= 0.3 is 0 Å². The van der Waals surface area contributed by atoms with Crippen LogP contribution < -0.4 is 5.32 Å². The number of hydrogen-bond acceptors (Lipinski definition) is 4. The Hall–Kier alpha value is -2.43. The maximum absolute atomic E-state index is 4.56. The Labute approximate surface area is 124 Å². The summed E-state index contributed by atoms with van der Waals surface area (Å²) < 4.78 is 1.87. The molecule has 0 aliphatic heterocycles. The van der Waals surface area contributed by atoms with Crippen LogP contribution in [-0.4, -0.2) is 19.6 Å². The molecule has 0 saturated carbocycles. The Morgan fingerprint density at radius 3 is 2.90 bits per heavy atom. The second-order valence-corrected chi connectivity index (χ2v) is 5.45. The molecule has 108 valence electrons. The van der Waals surface area contributed by atoms with E-state index in [-0.39, 0.29) is 0 Å². The first-order valence-corrected chi connectivity index (χ1v) is 7.14. The summed E-state index contributed by atoms with van der Waals surface area (Å²) in [6.45, 7) is 6.92. The van der Waals surface area contributed by atoms with Crippen molar-refractivity contribution >= 4 is 11.3 Å². The van der Waals surface area contributed by atoms with Gasteiger partial charge in [-0.1, -0.05) is 19.9 Å². The third-order valence-electron chi connectivity index (χ3n) is 3.38. The third-order valence-corrected chi connectivity index (χ3v) is 3.38. The van der Waals surface area contributed by atoms with Gasteiger partial charge in [0.1, 0.15) is 5.52 Å². The Morgan fingerprint density at radius 1 is 1.29 bits per heavy atom. The number of fused-ring (bicyclic) bond motifs is 1. The van der Waals surface area contributed by atoms with Crippen LogP contribution in [0, 0.1) is 6.92 Å². The highest BCUT2D eigenvalue weighted by atomic mass is 15.2. The van der Waals surface area contributed by atoms with Gasteiger partial charge in [0.15, 0.2) is 5.82 Å². The van der Waals surface area contributed by atoms with Crippen LogP contribution in [0.3, 0.4) is 0 Å². The zero-order valence-corrected chi connectivity index (χ0v) is 12.5. The predicted molar refractivity (Wildman–Crippen MR) is 83.4 cm³/mol. The standard InChI is InChI=1S/C16H19N5/c1-11(2)14-9-15-16(17-7-8-21(15)20-14)18-10-13-6-4-5-12(3)19-13/h4-9,11H,10H2,1-3H3,(H,17,18). The van der Waals surface area contributed by atoms with Crippen LogP contribution in [0.5, 0.6) is 0 Å². The number of rotatable bonds is 4. The van der Waals surface area contributed by atoms with Crippen molar-refractivity contribution in [2.75, 3.05) is 5.32 Å². The Morgan fingerprint density at radius 2 is 2.14 bits per heavy atom. The molecule has 5 nitrogen and oxygen atoms in total. The molecule has 0 aliphatic carbocycles. The van der Waals surface area contributed by atoms with Gasteiger partial charge in [0.05, 0.1) is 17.9 Å². The molecule has 5 heteroatoms. The van der Waals surface area contributed by atoms with Gasteiger partial charge < -0.3 is 5.32 Å². The molecule has 21 heavy (non-hydrogen) atoms. The molecule has 3 rings (SSSR count). The van der Waals surface area contributed by atoms with Crippen molar-refractivity contribution in [1.29, 1.82) is 0 Å². The molecular formula is C16H19N5. The summed E-state index contributed by atoms with van der Waals surface area (Å²) in [5.41, 5.74) is 4.09. The quantitative estimate of drug-likeness (QED) is 0.798. The van der Waals surface area contributed by atoms with E-state index in [9.17, 15) is 0 Å². The first-order chi connectivity index (χ1) is 10.1. The molecule has 0 atom stereocenters. The lowest BCUT2D eigenvalue weighted by Crippen LogP contribution is -2.05. The number of aryl methyl sites for hydroxylation is 1. The lowest BCUT2D eigenvalue weighted by atomic mass is 10.1. The average Bonchev–Trinajstić information content (AvgIpc) is 2.90. The summed E-state index contributed by atoms with van der Waals surface area (Å²) in [7, 11) is 0. The Balaban J connectivity index is 1.86. The summed E-state index contributed by atoms with van der Waals surface area (Å²) in [6, 6.07) is 8.11.